The van der Waals surface area contributed by atoms with Crippen LogP contribution in [0.2, 0.25) is 0 Å². The van der Waals surface area contributed by atoms with Crippen LogP contribution < -0.4 is 0 Å². The number of carbonyl (C=O) groups excluding carboxylic acids is 1. The topological polar surface area (TPSA) is 64.1 Å². The predicted octanol–water partition coefficient (Wildman–Crippen LogP) is 0.944. The van der Waals surface area contributed by atoms with Crippen LogP contribution in [0.1, 0.15) is 5.56 Å². The van der Waals surface area contributed by atoms with Crippen LogP contribution in [0.3, 0.4) is 0 Å². The van der Waals surface area contributed by atoms with Crippen molar-refractivity contribution < 1.29 is 14.7 Å². The first-order valence-corrected chi connectivity index (χ1v) is 9.18. The molecule has 26 heavy (non-hydrogen) atoms. The maximum Gasteiger partial charge on any atom is 0.309 e. The third kappa shape index (κ3) is 4.51. The summed E-state index contributed by atoms with van der Waals surface area (Å²) in [6.45, 7) is 8.36. The van der Waals surface area contributed by atoms with Crippen molar-refractivity contribution in [1.82, 2.24) is 14.7 Å². The first-order chi connectivity index (χ1) is 12.6. The Morgan fingerprint density at radius 1 is 1.12 bits per heavy atom. The first-order valence-electron chi connectivity index (χ1n) is 9.18. The number of carbonyl (C=O) groups is 2. The molecule has 0 spiro atoms. The lowest BCUT2D eigenvalue weighted by Gasteiger charge is -2.41. The van der Waals surface area contributed by atoms with Gasteiger partial charge in [0.05, 0.1) is 12.3 Å². The van der Waals surface area contributed by atoms with Gasteiger partial charge in [0, 0.05) is 51.9 Å². The number of hydrogen-bond donors (Lipinski definition) is 1. The van der Waals surface area contributed by atoms with E-state index < -0.39 is 11.9 Å². The van der Waals surface area contributed by atoms with Gasteiger partial charge >= 0.3 is 5.97 Å². The number of benzene rings is 1. The quantitative estimate of drug-likeness (QED) is 0.795. The fourth-order valence-corrected chi connectivity index (χ4v) is 3.93. The Balaban J connectivity index is 1.66. The molecule has 1 N–H and O–H groups in total. The number of rotatable bonds is 5. The van der Waals surface area contributed by atoms with Crippen LogP contribution in [-0.4, -0.2) is 83.5 Å². The summed E-state index contributed by atoms with van der Waals surface area (Å²) in [6.07, 6.45) is 2.23. The molecule has 2 aliphatic heterocycles. The average Bonchev–Trinajstić information content (AvgIpc) is 2.81. The largest absolute Gasteiger partial charge is 0.481 e. The second kappa shape index (κ2) is 8.47. The number of amides is 1. The second-order valence-corrected chi connectivity index (χ2v) is 7.19. The standard InChI is InChI=1S/C20H27N3O3/c1-2-8-21-12-17(20(25)26)13-22-9-10-23(15-18(22)14-21)19(24)11-16-6-4-3-5-7-16/h2-7,17-18H,1,8-15H2,(H,25,26). The number of carboxylic acid groups (broad SMARTS) is 1. The van der Waals surface area contributed by atoms with Crippen molar-refractivity contribution in [2.24, 2.45) is 5.92 Å². The smallest absolute Gasteiger partial charge is 0.309 e. The molecule has 2 heterocycles. The van der Waals surface area contributed by atoms with Gasteiger partial charge in [-0.3, -0.25) is 19.4 Å². The van der Waals surface area contributed by atoms with E-state index in [-0.39, 0.29) is 11.9 Å². The molecule has 140 valence electrons. The Morgan fingerprint density at radius 3 is 2.58 bits per heavy atom. The van der Waals surface area contributed by atoms with Crippen LogP contribution in [0.4, 0.5) is 0 Å². The molecule has 2 aliphatic rings. The van der Waals surface area contributed by atoms with E-state index in [4.69, 9.17) is 0 Å². The summed E-state index contributed by atoms with van der Waals surface area (Å²) in [7, 11) is 0. The van der Waals surface area contributed by atoms with Gasteiger partial charge in [0.25, 0.3) is 0 Å². The molecule has 0 bridgehead atoms. The summed E-state index contributed by atoms with van der Waals surface area (Å²) in [6, 6.07) is 9.97. The van der Waals surface area contributed by atoms with Crippen LogP contribution in [0.25, 0.3) is 0 Å². The lowest BCUT2D eigenvalue weighted by molar-refractivity contribution is -0.143. The van der Waals surface area contributed by atoms with Gasteiger partial charge in [-0.2, -0.15) is 0 Å². The Labute approximate surface area is 154 Å². The molecule has 3 rings (SSSR count). The molecule has 1 aromatic carbocycles. The molecule has 1 amide bonds. The third-order valence-electron chi connectivity index (χ3n) is 5.29. The van der Waals surface area contributed by atoms with Crippen LogP contribution >= 0.6 is 0 Å². The maximum absolute atomic E-state index is 12.7. The van der Waals surface area contributed by atoms with Crippen LogP contribution in [0.5, 0.6) is 0 Å². The Morgan fingerprint density at radius 2 is 1.88 bits per heavy atom. The van der Waals surface area contributed by atoms with Crippen LogP contribution in [-0.2, 0) is 16.0 Å². The van der Waals surface area contributed by atoms with Gasteiger partial charge in [-0.1, -0.05) is 36.4 Å². The van der Waals surface area contributed by atoms with Gasteiger partial charge in [0.15, 0.2) is 0 Å². The van der Waals surface area contributed by atoms with Gasteiger partial charge in [-0.15, -0.1) is 6.58 Å². The van der Waals surface area contributed by atoms with E-state index >= 15 is 0 Å². The van der Waals surface area contributed by atoms with E-state index in [9.17, 15) is 14.7 Å². The molecule has 6 heteroatoms. The fourth-order valence-electron chi connectivity index (χ4n) is 3.93. The van der Waals surface area contributed by atoms with Gasteiger partial charge in [0.2, 0.25) is 5.91 Å². The molecule has 2 unspecified atom stereocenters. The molecular formula is C20H27N3O3. The van der Waals surface area contributed by atoms with Crippen LogP contribution in [0.15, 0.2) is 43.0 Å². The Kier molecular flexibility index (Phi) is 6.06. The number of piperazine rings is 1. The molecule has 0 aromatic heterocycles. The van der Waals surface area contributed by atoms with E-state index in [0.29, 0.717) is 39.1 Å². The van der Waals surface area contributed by atoms with Crippen molar-refractivity contribution in [2.75, 3.05) is 45.8 Å². The van der Waals surface area contributed by atoms with Crippen molar-refractivity contribution in [3.05, 3.63) is 48.6 Å². The van der Waals surface area contributed by atoms with Crippen molar-refractivity contribution in [2.45, 2.75) is 12.5 Å². The minimum absolute atomic E-state index is 0.144. The maximum atomic E-state index is 12.7. The molecular weight excluding hydrogens is 330 g/mol. The van der Waals surface area contributed by atoms with Crippen LogP contribution in [0, 0.1) is 5.92 Å². The van der Waals surface area contributed by atoms with Gasteiger partial charge < -0.3 is 10.0 Å². The zero-order valence-electron chi connectivity index (χ0n) is 15.1. The molecule has 0 radical (unpaired) electrons. The monoisotopic (exact) mass is 357 g/mol. The highest BCUT2D eigenvalue weighted by Crippen LogP contribution is 2.20. The second-order valence-electron chi connectivity index (χ2n) is 7.19. The van der Waals surface area contributed by atoms with E-state index in [1.54, 1.807) is 0 Å². The lowest BCUT2D eigenvalue weighted by Crippen LogP contribution is -2.57. The number of nitrogens with zero attached hydrogens (tertiary/aromatic N) is 3. The van der Waals surface area contributed by atoms with Crippen molar-refractivity contribution >= 4 is 11.9 Å². The number of hydrogen-bond acceptors (Lipinski definition) is 4. The zero-order chi connectivity index (χ0) is 18.5. The van der Waals surface area contributed by atoms with E-state index in [2.05, 4.69) is 16.4 Å². The summed E-state index contributed by atoms with van der Waals surface area (Å²) in [5.41, 5.74) is 1.03. The third-order valence-corrected chi connectivity index (χ3v) is 5.29. The summed E-state index contributed by atoms with van der Waals surface area (Å²) in [4.78, 5) is 30.6. The Hall–Kier alpha value is -2.18. The highest BCUT2D eigenvalue weighted by molar-refractivity contribution is 5.79. The summed E-state index contributed by atoms with van der Waals surface area (Å²) in [5.74, 6) is -1.00. The molecule has 6 nitrogen and oxygen atoms in total. The van der Waals surface area contributed by atoms with Gasteiger partial charge in [-0.25, -0.2) is 0 Å². The van der Waals surface area contributed by atoms with Crippen molar-refractivity contribution in [1.29, 1.82) is 0 Å². The van der Waals surface area contributed by atoms with E-state index in [0.717, 1.165) is 18.7 Å². The molecule has 0 aliphatic carbocycles. The summed E-state index contributed by atoms with van der Waals surface area (Å²) < 4.78 is 0. The average molecular weight is 357 g/mol. The van der Waals surface area contributed by atoms with E-state index in [1.165, 1.54) is 0 Å². The van der Waals surface area contributed by atoms with Crippen molar-refractivity contribution in [3.63, 3.8) is 0 Å². The SMILES string of the molecule is C=CCN1CC(C(=O)O)CN2CCN(C(=O)Cc3ccccc3)CC2C1. The molecule has 1 aromatic rings. The normalized spacial score (nSPS) is 24.5. The molecule has 2 saturated heterocycles. The van der Waals surface area contributed by atoms with Gasteiger partial charge in [-0.05, 0) is 5.56 Å². The summed E-state index contributed by atoms with van der Waals surface area (Å²) >= 11 is 0. The van der Waals surface area contributed by atoms with Crippen molar-refractivity contribution in [3.8, 4) is 0 Å². The fraction of sp³-hybridized carbons (Fsp3) is 0.500. The van der Waals surface area contributed by atoms with Gasteiger partial charge in [0.1, 0.15) is 0 Å². The number of fused-ring (bicyclic) bond motifs is 1. The first kappa shape index (κ1) is 18.6. The highest BCUT2D eigenvalue weighted by atomic mass is 16.4. The molecule has 2 fully saturated rings. The van der Waals surface area contributed by atoms with E-state index in [1.807, 2.05) is 41.3 Å². The summed E-state index contributed by atoms with van der Waals surface area (Å²) in [5, 5.41) is 9.50. The Bertz CT molecular complexity index is 649. The minimum atomic E-state index is -0.748. The highest BCUT2D eigenvalue weighted by Gasteiger charge is 2.36. The number of aliphatic carboxylic acids is 1. The predicted molar refractivity (Wildman–Crippen MR) is 99.8 cm³/mol. The lowest BCUT2D eigenvalue weighted by atomic mass is 10.1. The minimum Gasteiger partial charge on any atom is -0.481 e. The molecule has 2 atom stereocenters. The molecule has 0 saturated carbocycles. The number of carboxylic acids is 1. The zero-order valence-corrected chi connectivity index (χ0v) is 15.1.